The highest BCUT2D eigenvalue weighted by molar-refractivity contribution is 6.45. The van der Waals surface area contributed by atoms with E-state index in [-0.39, 0.29) is 22.3 Å². The molecule has 0 saturated carbocycles. The number of hydrogen-bond acceptors (Lipinski definition) is 8. The number of nitrogens with two attached hydrogens (primary N) is 1. The van der Waals surface area contributed by atoms with E-state index in [0.717, 1.165) is 28.2 Å². The number of aromatic nitrogens is 4. The van der Waals surface area contributed by atoms with Crippen molar-refractivity contribution in [1.82, 2.24) is 24.6 Å². The molecule has 5 rings (SSSR count). The Labute approximate surface area is 217 Å². The number of H-pyrrole nitrogens is 1. The van der Waals surface area contributed by atoms with Crippen LogP contribution in [0.1, 0.15) is 10.4 Å². The second-order valence-corrected chi connectivity index (χ2v) is 8.75. The molecule has 1 amide bonds. The van der Waals surface area contributed by atoms with Gasteiger partial charge in [-0.2, -0.15) is 5.10 Å². The van der Waals surface area contributed by atoms with Crippen molar-refractivity contribution in [2.24, 2.45) is 17.9 Å². The number of amides is 1. The molecule has 0 atom stereocenters. The van der Waals surface area contributed by atoms with Gasteiger partial charge in [0.15, 0.2) is 11.6 Å². The van der Waals surface area contributed by atoms with Gasteiger partial charge in [-0.05, 0) is 6.72 Å². The molecule has 0 unspecified atom stereocenters. The summed E-state index contributed by atoms with van der Waals surface area (Å²) in [7, 11) is 1.89. The van der Waals surface area contributed by atoms with E-state index < -0.39 is 17.5 Å². The molecule has 194 valence electrons. The molecule has 3 aromatic heterocycles. The van der Waals surface area contributed by atoms with Crippen molar-refractivity contribution in [2.75, 3.05) is 36.1 Å². The number of carbonyl (C=O) groups excluding carboxylic acids is 2. The van der Waals surface area contributed by atoms with Crippen molar-refractivity contribution in [3.05, 3.63) is 72.7 Å². The van der Waals surface area contributed by atoms with Crippen LogP contribution in [-0.4, -0.2) is 69.2 Å². The molecule has 4 aromatic rings. The Hall–Kier alpha value is -4.84. The number of aliphatic imine (C=N–C) groups is 1. The largest absolute Gasteiger partial charge is 0.365 e. The number of Topliss-reactive ketones (excluding diaryl/α,β-unsaturated/α-hetero) is 1. The summed E-state index contributed by atoms with van der Waals surface area (Å²) >= 11 is 0. The molecule has 1 aliphatic rings. The molecule has 1 aliphatic heterocycles. The zero-order valence-electron chi connectivity index (χ0n) is 20.7. The van der Waals surface area contributed by atoms with Crippen LogP contribution in [-0.2, 0) is 11.8 Å². The minimum atomic E-state index is -0.807. The summed E-state index contributed by atoms with van der Waals surface area (Å²) in [6.07, 6.45) is 6.79. The highest BCUT2D eigenvalue weighted by Crippen LogP contribution is 2.32. The Morgan fingerprint density at radius 2 is 1.92 bits per heavy atom. The summed E-state index contributed by atoms with van der Waals surface area (Å²) in [5.41, 5.74) is 3.09. The first-order valence-corrected chi connectivity index (χ1v) is 11.9. The lowest BCUT2D eigenvalue weighted by Gasteiger charge is -2.35. The fraction of sp³-hybridized carbons (Fsp3) is 0.192. The fourth-order valence-electron chi connectivity index (χ4n) is 4.66. The number of pyridine rings is 1. The Balaban J connectivity index is 1.34. The maximum atomic E-state index is 14.8. The van der Waals surface area contributed by atoms with Crippen LogP contribution in [0.5, 0.6) is 0 Å². The predicted octanol–water partition coefficient (Wildman–Crippen LogP) is 2.49. The summed E-state index contributed by atoms with van der Waals surface area (Å²) in [5, 5.41) is 5.49. The Bertz CT molecular complexity index is 1540. The number of ketones is 1. The first kappa shape index (κ1) is 24.8. The van der Waals surface area contributed by atoms with Gasteiger partial charge in [-0.3, -0.25) is 24.3 Å². The molecule has 0 radical (unpaired) electrons. The van der Waals surface area contributed by atoms with Crippen LogP contribution < -0.4 is 15.8 Å². The number of carbonyl (C=O) groups is 2. The van der Waals surface area contributed by atoms with Crippen molar-refractivity contribution >= 4 is 40.8 Å². The van der Waals surface area contributed by atoms with E-state index in [9.17, 15) is 14.0 Å². The van der Waals surface area contributed by atoms with Crippen LogP contribution in [0.15, 0.2) is 66.3 Å². The molecule has 0 aliphatic carbocycles. The summed E-state index contributed by atoms with van der Waals surface area (Å²) in [6.45, 7) is 5.04. The van der Waals surface area contributed by atoms with Gasteiger partial charge in [0.25, 0.3) is 11.7 Å². The quantitative estimate of drug-likeness (QED) is 0.127. The number of halogens is 1. The summed E-state index contributed by atoms with van der Waals surface area (Å²) in [5.74, 6) is 3.87. The van der Waals surface area contributed by atoms with E-state index in [1.165, 1.54) is 23.5 Å². The van der Waals surface area contributed by atoms with Gasteiger partial charge < -0.3 is 14.8 Å². The highest BCUT2D eigenvalue weighted by atomic mass is 19.1. The van der Waals surface area contributed by atoms with Crippen molar-refractivity contribution in [2.45, 2.75) is 0 Å². The van der Waals surface area contributed by atoms with E-state index in [4.69, 9.17) is 5.84 Å². The minimum Gasteiger partial charge on any atom is -0.365 e. The van der Waals surface area contributed by atoms with Gasteiger partial charge in [0.2, 0.25) is 0 Å². The van der Waals surface area contributed by atoms with E-state index in [2.05, 4.69) is 31.7 Å². The third kappa shape index (κ3) is 4.41. The number of rotatable bonds is 7. The number of fused-ring (bicyclic) bond motifs is 1. The average Bonchev–Trinajstić information content (AvgIpc) is 3.56. The van der Waals surface area contributed by atoms with Crippen LogP contribution in [0, 0.1) is 5.82 Å². The van der Waals surface area contributed by atoms with E-state index in [1.807, 2.05) is 48.3 Å². The molecule has 12 heteroatoms. The molecular formula is C26H26FN9O2. The average molecular weight is 516 g/mol. The Morgan fingerprint density at radius 1 is 1.18 bits per heavy atom. The summed E-state index contributed by atoms with van der Waals surface area (Å²) in [4.78, 5) is 40.4. The molecule has 38 heavy (non-hydrogen) atoms. The normalized spacial score (nSPS) is 13.9. The molecule has 11 nitrogen and oxygen atoms in total. The Kier molecular flexibility index (Phi) is 6.71. The lowest BCUT2D eigenvalue weighted by atomic mass is 10.1. The van der Waals surface area contributed by atoms with Crippen molar-refractivity contribution < 1.29 is 14.0 Å². The monoisotopic (exact) mass is 515 g/mol. The lowest BCUT2D eigenvalue weighted by molar-refractivity contribution is -0.126. The molecule has 1 aromatic carbocycles. The molecule has 3 N–H and O–H groups in total. The number of anilines is 2. The first-order chi connectivity index (χ1) is 18.4. The number of aryl methyl sites for hydroxylation is 1. The van der Waals surface area contributed by atoms with E-state index in [0.29, 0.717) is 26.2 Å². The number of hydrazine groups is 1. The van der Waals surface area contributed by atoms with Gasteiger partial charge in [-0.25, -0.2) is 15.2 Å². The summed E-state index contributed by atoms with van der Waals surface area (Å²) in [6, 6.07) is 9.96. The standard InChI is InChI=1S/C26H26FN9O2/c1-29-8-9-36(28)25-22-21(19(27)15-31-25)18(14-30-22)24(37)26(38)35-12-10-34(11-13-35)20-16-32-33(2)23(20)17-6-4-3-5-7-17/h3-9,14-16,30H,1,10-13,28H2,2H3/b9-8-. The van der Waals surface area contributed by atoms with Crippen LogP contribution in [0.2, 0.25) is 0 Å². The molecule has 1 saturated heterocycles. The minimum absolute atomic E-state index is 0.0507. The topological polar surface area (TPSA) is 129 Å². The van der Waals surface area contributed by atoms with Gasteiger partial charge in [0.05, 0.1) is 40.2 Å². The zero-order valence-corrected chi connectivity index (χ0v) is 20.7. The van der Waals surface area contributed by atoms with Crippen LogP contribution in [0.3, 0.4) is 0 Å². The number of nitrogens with zero attached hydrogens (tertiary/aromatic N) is 7. The van der Waals surface area contributed by atoms with Gasteiger partial charge in [0, 0.05) is 57.4 Å². The molecule has 0 bridgehead atoms. The molecule has 1 fully saturated rings. The number of nitrogens with one attached hydrogen (secondary N) is 1. The predicted molar refractivity (Wildman–Crippen MR) is 143 cm³/mol. The summed E-state index contributed by atoms with van der Waals surface area (Å²) < 4.78 is 16.6. The van der Waals surface area contributed by atoms with Crippen molar-refractivity contribution in [3.8, 4) is 11.3 Å². The molecule has 4 heterocycles. The number of benzene rings is 1. The van der Waals surface area contributed by atoms with Gasteiger partial charge in [-0.15, -0.1) is 0 Å². The zero-order chi connectivity index (χ0) is 26.8. The van der Waals surface area contributed by atoms with Gasteiger partial charge >= 0.3 is 0 Å². The van der Waals surface area contributed by atoms with Crippen LogP contribution >= 0.6 is 0 Å². The van der Waals surface area contributed by atoms with E-state index in [1.54, 1.807) is 0 Å². The second kappa shape index (κ2) is 10.3. The fourth-order valence-corrected chi connectivity index (χ4v) is 4.66. The first-order valence-electron chi connectivity index (χ1n) is 11.9. The Morgan fingerprint density at radius 3 is 2.63 bits per heavy atom. The molecule has 0 spiro atoms. The maximum Gasteiger partial charge on any atom is 0.295 e. The van der Waals surface area contributed by atoms with Gasteiger partial charge in [-0.1, -0.05) is 30.3 Å². The van der Waals surface area contributed by atoms with Crippen molar-refractivity contribution in [1.29, 1.82) is 0 Å². The maximum absolute atomic E-state index is 14.8. The van der Waals surface area contributed by atoms with Gasteiger partial charge in [0.1, 0.15) is 0 Å². The van der Waals surface area contributed by atoms with Crippen molar-refractivity contribution in [3.63, 3.8) is 0 Å². The lowest BCUT2D eigenvalue weighted by Crippen LogP contribution is -2.50. The molecular weight excluding hydrogens is 489 g/mol. The number of hydrogen-bond donors (Lipinski definition) is 2. The number of piperazine rings is 1. The van der Waals surface area contributed by atoms with E-state index >= 15 is 0 Å². The van der Waals surface area contributed by atoms with Crippen LogP contribution in [0.4, 0.5) is 15.9 Å². The third-order valence-electron chi connectivity index (χ3n) is 6.53. The third-order valence-corrected chi connectivity index (χ3v) is 6.53. The smallest absolute Gasteiger partial charge is 0.295 e. The highest BCUT2D eigenvalue weighted by Gasteiger charge is 2.31. The second-order valence-electron chi connectivity index (χ2n) is 8.75. The SMILES string of the molecule is C=N/C=C\N(N)c1ncc(F)c2c(C(=O)C(=O)N3CCN(c4cnn(C)c4-c4ccccc4)CC3)c[nH]c12. The van der Waals surface area contributed by atoms with Crippen LogP contribution in [0.25, 0.3) is 22.2 Å². The number of aromatic amines is 1.